The Hall–Kier alpha value is -0.510. The second-order valence-corrected chi connectivity index (χ2v) is 6.88. The number of piperidine rings is 1. The van der Waals surface area contributed by atoms with E-state index in [2.05, 4.69) is 29.2 Å². The zero-order chi connectivity index (χ0) is 13.1. The summed E-state index contributed by atoms with van der Waals surface area (Å²) in [5, 5.41) is 0. The Balaban J connectivity index is 1.68. The highest BCUT2D eigenvalue weighted by Crippen LogP contribution is 2.40. The van der Waals surface area contributed by atoms with Gasteiger partial charge < -0.3 is 5.73 Å². The normalized spacial score (nSPS) is 25.2. The number of nitrogens with two attached hydrogens (primary N) is 1. The van der Waals surface area contributed by atoms with Crippen LogP contribution in [0, 0.1) is 5.92 Å². The summed E-state index contributed by atoms with van der Waals surface area (Å²) in [6.07, 6.45) is 5.19. The number of hydrogen-bond acceptors (Lipinski definition) is 3. The van der Waals surface area contributed by atoms with Crippen LogP contribution in [0.4, 0.5) is 0 Å². The highest BCUT2D eigenvalue weighted by Gasteiger charge is 2.29. The Morgan fingerprint density at radius 1 is 1.16 bits per heavy atom. The number of benzene rings is 1. The van der Waals surface area contributed by atoms with E-state index in [0.717, 1.165) is 12.5 Å². The summed E-state index contributed by atoms with van der Waals surface area (Å²) >= 11 is 2.02. The van der Waals surface area contributed by atoms with E-state index < -0.39 is 0 Å². The van der Waals surface area contributed by atoms with Gasteiger partial charge in [-0.05, 0) is 68.6 Å². The van der Waals surface area contributed by atoms with Crippen LogP contribution in [0.15, 0.2) is 29.2 Å². The Labute approximate surface area is 120 Å². The molecular weight excluding hydrogens is 252 g/mol. The maximum Gasteiger partial charge on any atom is 0.0367 e. The fourth-order valence-electron chi connectivity index (χ4n) is 3.49. The number of nitrogens with zero attached hydrogens (tertiary/aromatic N) is 1. The lowest BCUT2D eigenvalue weighted by molar-refractivity contribution is 0.125. The topological polar surface area (TPSA) is 29.3 Å². The Kier molecular flexibility index (Phi) is 4.46. The van der Waals surface area contributed by atoms with Crippen molar-refractivity contribution in [3.63, 3.8) is 0 Å². The summed E-state index contributed by atoms with van der Waals surface area (Å²) in [5.74, 6) is 2.14. The summed E-state index contributed by atoms with van der Waals surface area (Å²) < 4.78 is 0. The predicted octanol–water partition coefficient (Wildman–Crippen LogP) is 3.28. The quantitative estimate of drug-likeness (QED) is 0.918. The highest BCUT2D eigenvalue weighted by molar-refractivity contribution is 7.99. The molecule has 1 unspecified atom stereocenters. The Morgan fingerprint density at radius 3 is 2.74 bits per heavy atom. The van der Waals surface area contributed by atoms with Crippen LogP contribution < -0.4 is 5.73 Å². The molecule has 2 aliphatic rings. The molecule has 0 aliphatic carbocycles. The first-order chi connectivity index (χ1) is 9.38. The molecule has 0 spiro atoms. The van der Waals surface area contributed by atoms with E-state index in [0.29, 0.717) is 6.04 Å². The average molecular weight is 276 g/mol. The van der Waals surface area contributed by atoms with Crippen LogP contribution in [0.25, 0.3) is 0 Å². The number of likely N-dealkylation sites (tertiary alicyclic amines) is 1. The van der Waals surface area contributed by atoms with Crippen molar-refractivity contribution in [2.24, 2.45) is 11.7 Å². The van der Waals surface area contributed by atoms with Crippen LogP contribution in [-0.2, 0) is 0 Å². The molecule has 0 radical (unpaired) electrons. The molecular formula is C16H24N2S. The molecule has 2 heterocycles. The maximum absolute atomic E-state index is 5.68. The van der Waals surface area contributed by atoms with Gasteiger partial charge in [0.15, 0.2) is 0 Å². The second-order valence-electron chi connectivity index (χ2n) is 5.75. The standard InChI is InChI=1S/C16H24N2S/c17-9-5-13-6-10-18(11-7-13)15-8-12-19-16-4-2-1-3-14(15)16/h1-4,13,15H,5-12,17H2. The van der Waals surface area contributed by atoms with Crippen molar-refractivity contribution in [1.29, 1.82) is 0 Å². The minimum absolute atomic E-state index is 0.663. The van der Waals surface area contributed by atoms with Crippen molar-refractivity contribution < 1.29 is 0 Å². The van der Waals surface area contributed by atoms with Crippen molar-refractivity contribution in [1.82, 2.24) is 4.90 Å². The Bertz CT molecular complexity index is 413. The van der Waals surface area contributed by atoms with Gasteiger partial charge in [0.1, 0.15) is 0 Å². The summed E-state index contributed by atoms with van der Waals surface area (Å²) in [6, 6.07) is 9.64. The van der Waals surface area contributed by atoms with Crippen LogP contribution in [-0.4, -0.2) is 30.3 Å². The summed E-state index contributed by atoms with van der Waals surface area (Å²) in [4.78, 5) is 4.22. The molecule has 0 bridgehead atoms. The molecule has 2 N–H and O–H groups in total. The van der Waals surface area contributed by atoms with Gasteiger partial charge >= 0.3 is 0 Å². The number of thioether (sulfide) groups is 1. The predicted molar refractivity (Wildman–Crippen MR) is 82.5 cm³/mol. The van der Waals surface area contributed by atoms with Crippen molar-refractivity contribution in [3.8, 4) is 0 Å². The molecule has 19 heavy (non-hydrogen) atoms. The summed E-state index contributed by atoms with van der Waals surface area (Å²) in [6.45, 7) is 3.37. The van der Waals surface area contributed by atoms with Crippen LogP contribution in [0.3, 0.4) is 0 Å². The molecule has 2 aliphatic heterocycles. The minimum atomic E-state index is 0.663. The van der Waals surface area contributed by atoms with Crippen molar-refractivity contribution in [2.75, 3.05) is 25.4 Å². The third-order valence-electron chi connectivity index (χ3n) is 4.59. The van der Waals surface area contributed by atoms with Gasteiger partial charge in [0.2, 0.25) is 0 Å². The lowest BCUT2D eigenvalue weighted by atomic mass is 9.91. The monoisotopic (exact) mass is 276 g/mol. The van der Waals surface area contributed by atoms with E-state index in [1.165, 1.54) is 49.4 Å². The third kappa shape index (κ3) is 2.99. The number of hydrogen-bond donors (Lipinski definition) is 1. The lowest BCUT2D eigenvalue weighted by Crippen LogP contribution is -2.38. The first-order valence-corrected chi connectivity index (χ1v) is 8.53. The van der Waals surface area contributed by atoms with Crippen molar-refractivity contribution >= 4 is 11.8 Å². The summed E-state index contributed by atoms with van der Waals surface area (Å²) in [5.41, 5.74) is 7.25. The summed E-state index contributed by atoms with van der Waals surface area (Å²) in [7, 11) is 0. The third-order valence-corrected chi connectivity index (χ3v) is 5.71. The van der Waals surface area contributed by atoms with Gasteiger partial charge in [0, 0.05) is 10.9 Å². The lowest BCUT2D eigenvalue weighted by Gasteiger charge is -2.40. The molecule has 2 nitrogen and oxygen atoms in total. The first-order valence-electron chi connectivity index (χ1n) is 7.54. The van der Waals surface area contributed by atoms with E-state index >= 15 is 0 Å². The van der Waals surface area contributed by atoms with Crippen LogP contribution >= 0.6 is 11.8 Å². The second kappa shape index (κ2) is 6.29. The first kappa shape index (κ1) is 13.5. The smallest absolute Gasteiger partial charge is 0.0367 e. The molecule has 104 valence electrons. The van der Waals surface area contributed by atoms with E-state index in [1.54, 1.807) is 5.56 Å². The molecule has 1 aromatic carbocycles. The molecule has 0 saturated carbocycles. The average Bonchev–Trinajstić information content (AvgIpc) is 2.48. The number of rotatable bonds is 3. The van der Waals surface area contributed by atoms with Crippen LogP contribution in [0.2, 0.25) is 0 Å². The van der Waals surface area contributed by atoms with E-state index in [1.807, 2.05) is 11.8 Å². The van der Waals surface area contributed by atoms with Gasteiger partial charge in [-0.3, -0.25) is 4.90 Å². The zero-order valence-electron chi connectivity index (χ0n) is 11.6. The molecule has 1 atom stereocenters. The zero-order valence-corrected chi connectivity index (χ0v) is 12.4. The van der Waals surface area contributed by atoms with E-state index in [9.17, 15) is 0 Å². The maximum atomic E-state index is 5.68. The van der Waals surface area contributed by atoms with Crippen LogP contribution in [0.1, 0.15) is 37.3 Å². The molecule has 1 saturated heterocycles. The van der Waals surface area contributed by atoms with Crippen molar-refractivity contribution in [2.45, 2.75) is 36.6 Å². The largest absolute Gasteiger partial charge is 0.330 e. The fraction of sp³-hybridized carbons (Fsp3) is 0.625. The van der Waals surface area contributed by atoms with Gasteiger partial charge in [0.05, 0.1) is 0 Å². The van der Waals surface area contributed by atoms with Crippen LogP contribution in [0.5, 0.6) is 0 Å². The molecule has 0 aromatic heterocycles. The SMILES string of the molecule is NCCC1CCN(C2CCSc3ccccc32)CC1. The van der Waals surface area contributed by atoms with E-state index in [-0.39, 0.29) is 0 Å². The molecule has 1 fully saturated rings. The highest BCUT2D eigenvalue weighted by atomic mass is 32.2. The van der Waals surface area contributed by atoms with E-state index in [4.69, 9.17) is 5.73 Å². The molecule has 1 aromatic rings. The Morgan fingerprint density at radius 2 is 1.95 bits per heavy atom. The number of fused-ring (bicyclic) bond motifs is 1. The van der Waals surface area contributed by atoms with Gasteiger partial charge in [-0.1, -0.05) is 18.2 Å². The van der Waals surface area contributed by atoms with Gasteiger partial charge in [-0.15, -0.1) is 11.8 Å². The van der Waals surface area contributed by atoms with Crippen molar-refractivity contribution in [3.05, 3.63) is 29.8 Å². The molecule has 0 amide bonds. The van der Waals surface area contributed by atoms with Gasteiger partial charge in [0.25, 0.3) is 0 Å². The van der Waals surface area contributed by atoms with Gasteiger partial charge in [-0.25, -0.2) is 0 Å². The minimum Gasteiger partial charge on any atom is -0.330 e. The fourth-order valence-corrected chi connectivity index (χ4v) is 4.60. The van der Waals surface area contributed by atoms with Gasteiger partial charge in [-0.2, -0.15) is 0 Å². The molecule has 3 heteroatoms. The molecule has 3 rings (SSSR count).